The van der Waals surface area contributed by atoms with Crippen molar-refractivity contribution in [3.8, 4) is 11.4 Å². The zero-order chi connectivity index (χ0) is 14.1. The number of aromatic nitrogens is 3. The van der Waals surface area contributed by atoms with Crippen LogP contribution in [0.2, 0.25) is 0 Å². The molecular formula is C15H13N3O2. The van der Waals surface area contributed by atoms with Crippen LogP contribution in [0.4, 0.5) is 0 Å². The quantitative estimate of drug-likeness (QED) is 0.791. The molecule has 0 amide bonds. The number of carboxylic acid groups (broad SMARTS) is 1. The Morgan fingerprint density at radius 2 is 2.10 bits per heavy atom. The highest BCUT2D eigenvalue weighted by Gasteiger charge is 2.14. The highest BCUT2D eigenvalue weighted by Crippen LogP contribution is 2.24. The number of carboxylic acids is 1. The lowest BCUT2D eigenvalue weighted by Crippen LogP contribution is -2.10. The van der Waals surface area contributed by atoms with Crippen molar-refractivity contribution >= 4 is 17.0 Å². The number of hydrogen-bond donors (Lipinski definition) is 1. The molecule has 1 N–H and O–H groups in total. The normalized spacial score (nSPS) is 10.8. The third kappa shape index (κ3) is 2.14. The van der Waals surface area contributed by atoms with Gasteiger partial charge in [0.25, 0.3) is 0 Å². The first-order valence-electron chi connectivity index (χ1n) is 6.25. The SMILES string of the molecule is Cc1cc(-c2nc3ccccc3n2CC(=O)O)ccn1. The molecule has 0 bridgehead atoms. The average molecular weight is 267 g/mol. The molecule has 5 heteroatoms. The fraction of sp³-hybridized carbons (Fsp3) is 0.133. The minimum absolute atomic E-state index is 0.114. The van der Waals surface area contributed by atoms with Crippen LogP contribution in [0, 0.1) is 6.92 Å². The highest BCUT2D eigenvalue weighted by atomic mass is 16.4. The standard InChI is InChI=1S/C15H13N3O2/c1-10-8-11(6-7-16-10)15-17-12-4-2-3-5-13(12)18(15)9-14(19)20/h2-8H,9H2,1H3,(H,19,20). The summed E-state index contributed by atoms with van der Waals surface area (Å²) in [4.78, 5) is 19.8. The van der Waals surface area contributed by atoms with Crippen LogP contribution in [-0.2, 0) is 11.3 Å². The zero-order valence-corrected chi connectivity index (χ0v) is 10.9. The first-order chi connectivity index (χ1) is 9.65. The molecule has 0 atom stereocenters. The second-order valence-electron chi connectivity index (χ2n) is 4.59. The molecule has 20 heavy (non-hydrogen) atoms. The molecule has 0 saturated heterocycles. The van der Waals surface area contributed by atoms with Gasteiger partial charge in [-0.2, -0.15) is 0 Å². The Kier molecular flexibility index (Phi) is 2.95. The number of imidazole rings is 1. The maximum Gasteiger partial charge on any atom is 0.323 e. The van der Waals surface area contributed by atoms with Gasteiger partial charge >= 0.3 is 5.97 Å². The van der Waals surface area contributed by atoms with E-state index in [-0.39, 0.29) is 6.54 Å². The molecule has 0 aliphatic rings. The van der Waals surface area contributed by atoms with Crippen molar-refractivity contribution in [2.45, 2.75) is 13.5 Å². The Balaban J connectivity index is 2.26. The van der Waals surface area contributed by atoms with E-state index in [1.807, 2.05) is 43.3 Å². The van der Waals surface area contributed by atoms with Crippen LogP contribution >= 0.6 is 0 Å². The summed E-state index contributed by atoms with van der Waals surface area (Å²) >= 11 is 0. The molecule has 100 valence electrons. The summed E-state index contributed by atoms with van der Waals surface area (Å²) in [6.45, 7) is 1.78. The van der Waals surface area contributed by atoms with E-state index in [1.165, 1.54) is 0 Å². The predicted molar refractivity (Wildman–Crippen MR) is 75.3 cm³/mol. The Labute approximate surface area is 115 Å². The molecule has 0 aliphatic heterocycles. The van der Waals surface area contributed by atoms with Crippen molar-refractivity contribution in [2.24, 2.45) is 0 Å². The molecule has 0 spiro atoms. The van der Waals surface area contributed by atoms with Gasteiger partial charge in [-0.25, -0.2) is 4.98 Å². The van der Waals surface area contributed by atoms with E-state index in [0.29, 0.717) is 5.82 Å². The van der Waals surface area contributed by atoms with Crippen LogP contribution < -0.4 is 0 Å². The van der Waals surface area contributed by atoms with Gasteiger partial charge in [0.05, 0.1) is 11.0 Å². The lowest BCUT2D eigenvalue weighted by atomic mass is 10.2. The second kappa shape index (κ2) is 4.77. The van der Waals surface area contributed by atoms with Crippen molar-refractivity contribution in [1.82, 2.24) is 14.5 Å². The van der Waals surface area contributed by atoms with Gasteiger partial charge in [0.15, 0.2) is 0 Å². The average Bonchev–Trinajstić information content (AvgIpc) is 2.77. The van der Waals surface area contributed by atoms with Crippen molar-refractivity contribution in [2.75, 3.05) is 0 Å². The molecular weight excluding hydrogens is 254 g/mol. The maximum atomic E-state index is 11.1. The Morgan fingerprint density at radius 3 is 2.85 bits per heavy atom. The van der Waals surface area contributed by atoms with Gasteiger partial charge < -0.3 is 9.67 Å². The smallest absolute Gasteiger partial charge is 0.323 e. The van der Waals surface area contributed by atoms with E-state index in [2.05, 4.69) is 9.97 Å². The summed E-state index contributed by atoms with van der Waals surface area (Å²) in [6, 6.07) is 11.3. The number of rotatable bonds is 3. The van der Waals surface area contributed by atoms with Crippen molar-refractivity contribution in [1.29, 1.82) is 0 Å². The van der Waals surface area contributed by atoms with Crippen LogP contribution in [0.3, 0.4) is 0 Å². The van der Waals surface area contributed by atoms with Crippen molar-refractivity contribution in [3.63, 3.8) is 0 Å². The van der Waals surface area contributed by atoms with Gasteiger partial charge in [-0.05, 0) is 31.2 Å². The molecule has 0 fully saturated rings. The fourth-order valence-electron chi connectivity index (χ4n) is 2.28. The summed E-state index contributed by atoms with van der Waals surface area (Å²) in [5.74, 6) is -0.237. The first-order valence-corrected chi connectivity index (χ1v) is 6.25. The number of nitrogens with zero attached hydrogens (tertiary/aromatic N) is 3. The number of benzene rings is 1. The maximum absolute atomic E-state index is 11.1. The predicted octanol–water partition coefficient (Wildman–Crippen LogP) is 2.49. The third-order valence-corrected chi connectivity index (χ3v) is 3.10. The van der Waals surface area contributed by atoms with Gasteiger partial charge in [0.1, 0.15) is 12.4 Å². The number of hydrogen-bond acceptors (Lipinski definition) is 3. The molecule has 5 nitrogen and oxygen atoms in total. The lowest BCUT2D eigenvalue weighted by Gasteiger charge is -2.06. The fourth-order valence-corrected chi connectivity index (χ4v) is 2.28. The van der Waals surface area contributed by atoms with E-state index >= 15 is 0 Å². The van der Waals surface area contributed by atoms with E-state index in [9.17, 15) is 4.79 Å². The molecule has 2 aromatic heterocycles. The summed E-state index contributed by atoms with van der Waals surface area (Å²) in [7, 11) is 0. The van der Waals surface area contributed by atoms with E-state index in [0.717, 1.165) is 22.3 Å². The number of aryl methyl sites for hydroxylation is 1. The molecule has 0 unspecified atom stereocenters. The minimum Gasteiger partial charge on any atom is -0.480 e. The first kappa shape index (κ1) is 12.3. The van der Waals surface area contributed by atoms with Crippen molar-refractivity contribution < 1.29 is 9.90 Å². The highest BCUT2D eigenvalue weighted by molar-refractivity contribution is 5.82. The van der Waals surface area contributed by atoms with E-state index < -0.39 is 5.97 Å². The summed E-state index contributed by atoms with van der Waals surface area (Å²) in [6.07, 6.45) is 1.70. The topological polar surface area (TPSA) is 68.0 Å². The zero-order valence-electron chi connectivity index (χ0n) is 10.9. The molecule has 3 aromatic rings. The van der Waals surface area contributed by atoms with Crippen molar-refractivity contribution in [3.05, 3.63) is 48.3 Å². The van der Waals surface area contributed by atoms with Gasteiger partial charge in [-0.3, -0.25) is 9.78 Å². The van der Waals surface area contributed by atoms with E-state index in [1.54, 1.807) is 10.8 Å². The van der Waals surface area contributed by atoms with Crippen LogP contribution in [0.1, 0.15) is 5.69 Å². The molecule has 0 radical (unpaired) electrons. The summed E-state index contributed by atoms with van der Waals surface area (Å²) in [5, 5.41) is 9.11. The molecule has 2 heterocycles. The monoisotopic (exact) mass is 267 g/mol. The van der Waals surface area contributed by atoms with Crippen LogP contribution in [-0.4, -0.2) is 25.6 Å². The number of para-hydroxylation sites is 2. The van der Waals surface area contributed by atoms with Gasteiger partial charge in [0.2, 0.25) is 0 Å². The second-order valence-corrected chi connectivity index (χ2v) is 4.59. The van der Waals surface area contributed by atoms with Crippen LogP contribution in [0.5, 0.6) is 0 Å². The molecule has 0 aliphatic carbocycles. The Hall–Kier alpha value is -2.69. The van der Waals surface area contributed by atoms with Gasteiger partial charge in [-0.15, -0.1) is 0 Å². The third-order valence-electron chi connectivity index (χ3n) is 3.10. The number of fused-ring (bicyclic) bond motifs is 1. The number of carbonyl (C=O) groups is 1. The van der Waals surface area contributed by atoms with E-state index in [4.69, 9.17) is 5.11 Å². The molecule has 1 aromatic carbocycles. The number of aliphatic carboxylic acids is 1. The summed E-state index contributed by atoms with van der Waals surface area (Å²) in [5.41, 5.74) is 3.35. The number of pyridine rings is 1. The van der Waals surface area contributed by atoms with Gasteiger partial charge in [0, 0.05) is 17.5 Å². The van der Waals surface area contributed by atoms with Crippen LogP contribution in [0.25, 0.3) is 22.4 Å². The Morgan fingerprint density at radius 1 is 1.30 bits per heavy atom. The molecule has 0 saturated carbocycles. The van der Waals surface area contributed by atoms with Gasteiger partial charge in [-0.1, -0.05) is 12.1 Å². The Bertz CT molecular complexity index is 793. The summed E-state index contributed by atoms with van der Waals surface area (Å²) < 4.78 is 1.71. The molecule has 3 rings (SSSR count). The lowest BCUT2D eigenvalue weighted by molar-refractivity contribution is -0.137. The minimum atomic E-state index is -0.889. The van der Waals surface area contributed by atoms with Crippen LogP contribution in [0.15, 0.2) is 42.6 Å². The largest absolute Gasteiger partial charge is 0.480 e.